The first kappa shape index (κ1) is 14.4. The summed E-state index contributed by atoms with van der Waals surface area (Å²) in [5, 5.41) is 3.37. The van der Waals surface area contributed by atoms with E-state index in [0.717, 1.165) is 11.5 Å². The fraction of sp³-hybridized carbons (Fsp3) is 0.533. The minimum atomic E-state index is -0.196. The van der Waals surface area contributed by atoms with Gasteiger partial charge in [0.05, 0.1) is 7.11 Å². The summed E-state index contributed by atoms with van der Waals surface area (Å²) in [5.41, 5.74) is 2.59. The second-order valence-electron chi connectivity index (χ2n) is 5.15. The van der Waals surface area contributed by atoms with E-state index in [9.17, 15) is 4.79 Å². The van der Waals surface area contributed by atoms with E-state index in [0.29, 0.717) is 5.92 Å². The van der Waals surface area contributed by atoms with Crippen molar-refractivity contribution in [2.45, 2.75) is 31.8 Å². The molecule has 0 aromatic heterocycles. The molecule has 1 saturated heterocycles. The van der Waals surface area contributed by atoms with E-state index in [1.165, 1.54) is 18.2 Å². The second-order valence-corrected chi connectivity index (χ2v) is 6.23. The Morgan fingerprint density at radius 2 is 2.00 bits per heavy atom. The topological polar surface area (TPSA) is 38.3 Å². The molecule has 19 heavy (non-hydrogen) atoms. The van der Waals surface area contributed by atoms with Crippen LogP contribution in [0.15, 0.2) is 24.3 Å². The summed E-state index contributed by atoms with van der Waals surface area (Å²) < 4.78 is 4.81. The van der Waals surface area contributed by atoms with E-state index < -0.39 is 0 Å². The number of thioether (sulfide) groups is 1. The largest absolute Gasteiger partial charge is 0.468 e. The van der Waals surface area contributed by atoms with Crippen LogP contribution in [0.4, 0.5) is 0 Å². The van der Waals surface area contributed by atoms with E-state index in [4.69, 9.17) is 4.74 Å². The van der Waals surface area contributed by atoms with Crippen LogP contribution < -0.4 is 5.32 Å². The lowest BCUT2D eigenvalue weighted by molar-refractivity contribution is -0.142. The highest BCUT2D eigenvalue weighted by Crippen LogP contribution is 2.26. The lowest BCUT2D eigenvalue weighted by Crippen LogP contribution is -2.45. The first-order chi connectivity index (χ1) is 9.11. The molecule has 2 atom stereocenters. The quantitative estimate of drug-likeness (QED) is 0.863. The van der Waals surface area contributed by atoms with Crippen LogP contribution in [0.25, 0.3) is 0 Å². The van der Waals surface area contributed by atoms with Crippen molar-refractivity contribution in [1.29, 1.82) is 0 Å². The molecule has 1 fully saturated rings. The number of ether oxygens (including phenoxy) is 1. The zero-order valence-corrected chi connectivity index (χ0v) is 12.5. The molecule has 0 spiro atoms. The van der Waals surface area contributed by atoms with Gasteiger partial charge < -0.3 is 4.74 Å². The molecule has 1 aromatic rings. The summed E-state index contributed by atoms with van der Waals surface area (Å²) in [6.07, 6.45) is 0. The molecule has 0 aliphatic carbocycles. The van der Waals surface area contributed by atoms with Crippen molar-refractivity contribution >= 4 is 17.7 Å². The molecule has 0 bridgehead atoms. The number of hydrogen-bond acceptors (Lipinski definition) is 4. The van der Waals surface area contributed by atoms with Gasteiger partial charge in [-0.25, -0.2) is 0 Å². The Morgan fingerprint density at radius 3 is 2.58 bits per heavy atom. The predicted octanol–water partition coefficient (Wildman–Crippen LogP) is 2.73. The van der Waals surface area contributed by atoms with Gasteiger partial charge in [-0.05, 0) is 17.0 Å². The number of hydrogen-bond donors (Lipinski definition) is 1. The molecule has 0 amide bonds. The van der Waals surface area contributed by atoms with Crippen LogP contribution in [0.5, 0.6) is 0 Å². The summed E-state index contributed by atoms with van der Waals surface area (Å²) in [7, 11) is 1.44. The molecule has 4 heteroatoms. The SMILES string of the molecule is COC(=O)C1CSCC(c2ccc(C(C)C)cc2)N1. The predicted molar refractivity (Wildman–Crippen MR) is 79.5 cm³/mol. The molecular formula is C15H21NO2S. The van der Waals surface area contributed by atoms with Crippen LogP contribution in [0, 0.1) is 0 Å². The van der Waals surface area contributed by atoms with Gasteiger partial charge in [0.2, 0.25) is 0 Å². The van der Waals surface area contributed by atoms with E-state index >= 15 is 0 Å². The molecule has 0 radical (unpaired) electrons. The number of methoxy groups -OCH3 is 1. The van der Waals surface area contributed by atoms with Gasteiger partial charge in [0, 0.05) is 17.5 Å². The summed E-state index contributed by atoms with van der Waals surface area (Å²) in [4.78, 5) is 11.6. The molecule has 104 valence electrons. The molecular weight excluding hydrogens is 258 g/mol. The van der Waals surface area contributed by atoms with Crippen LogP contribution in [-0.4, -0.2) is 30.6 Å². The van der Waals surface area contributed by atoms with Crippen molar-refractivity contribution in [3.05, 3.63) is 35.4 Å². The number of esters is 1. The Kier molecular flexibility index (Phi) is 4.88. The van der Waals surface area contributed by atoms with E-state index in [1.54, 1.807) is 11.8 Å². The standard InChI is InChI=1S/C15H21NO2S/c1-10(2)11-4-6-12(7-5-11)13-8-19-9-14(16-13)15(17)18-3/h4-7,10,13-14,16H,8-9H2,1-3H3. The fourth-order valence-corrected chi connectivity index (χ4v) is 3.36. The number of nitrogens with one attached hydrogen (secondary N) is 1. The minimum absolute atomic E-state index is 0.170. The van der Waals surface area contributed by atoms with Crippen LogP contribution in [0.3, 0.4) is 0 Å². The highest BCUT2D eigenvalue weighted by molar-refractivity contribution is 7.99. The Labute approximate surface area is 119 Å². The molecule has 3 nitrogen and oxygen atoms in total. The molecule has 1 N–H and O–H groups in total. The monoisotopic (exact) mass is 279 g/mol. The van der Waals surface area contributed by atoms with Crippen LogP contribution in [0.2, 0.25) is 0 Å². The Bertz CT molecular complexity index is 430. The van der Waals surface area contributed by atoms with Gasteiger partial charge in [0.15, 0.2) is 0 Å². The summed E-state index contributed by atoms with van der Waals surface area (Å²) in [5.74, 6) is 2.16. The highest BCUT2D eigenvalue weighted by atomic mass is 32.2. The van der Waals surface area contributed by atoms with Crippen LogP contribution in [-0.2, 0) is 9.53 Å². The highest BCUT2D eigenvalue weighted by Gasteiger charge is 2.28. The van der Waals surface area contributed by atoms with E-state index in [2.05, 4.69) is 43.4 Å². The van der Waals surface area contributed by atoms with Gasteiger partial charge in [0.1, 0.15) is 6.04 Å². The minimum Gasteiger partial charge on any atom is -0.468 e. The third-order valence-electron chi connectivity index (χ3n) is 3.46. The zero-order valence-electron chi connectivity index (χ0n) is 11.7. The van der Waals surface area contributed by atoms with Crippen molar-refractivity contribution in [2.75, 3.05) is 18.6 Å². The molecule has 1 heterocycles. The lowest BCUT2D eigenvalue weighted by Gasteiger charge is -2.29. The smallest absolute Gasteiger partial charge is 0.323 e. The molecule has 1 aromatic carbocycles. The van der Waals surface area contributed by atoms with Crippen molar-refractivity contribution < 1.29 is 9.53 Å². The van der Waals surface area contributed by atoms with Crippen molar-refractivity contribution in [2.24, 2.45) is 0 Å². The maximum atomic E-state index is 11.6. The molecule has 2 rings (SSSR count). The van der Waals surface area contributed by atoms with Crippen LogP contribution in [0.1, 0.15) is 36.9 Å². The number of carbonyl (C=O) groups is 1. The van der Waals surface area contributed by atoms with Gasteiger partial charge in [-0.15, -0.1) is 0 Å². The summed E-state index contributed by atoms with van der Waals surface area (Å²) in [6.45, 7) is 4.38. The maximum absolute atomic E-state index is 11.6. The zero-order chi connectivity index (χ0) is 13.8. The van der Waals surface area contributed by atoms with E-state index in [1.807, 2.05) is 0 Å². The van der Waals surface area contributed by atoms with Gasteiger partial charge >= 0.3 is 5.97 Å². The average Bonchev–Trinajstić information content (AvgIpc) is 2.46. The fourth-order valence-electron chi connectivity index (χ4n) is 2.23. The number of carbonyl (C=O) groups excluding carboxylic acids is 1. The Balaban J connectivity index is 2.06. The van der Waals surface area contributed by atoms with Gasteiger partial charge in [0.25, 0.3) is 0 Å². The Morgan fingerprint density at radius 1 is 1.32 bits per heavy atom. The summed E-state index contributed by atoms with van der Waals surface area (Å²) in [6, 6.07) is 8.70. The molecule has 2 unspecified atom stereocenters. The van der Waals surface area contributed by atoms with Crippen molar-refractivity contribution in [3.8, 4) is 0 Å². The third kappa shape index (κ3) is 3.51. The second kappa shape index (κ2) is 6.44. The maximum Gasteiger partial charge on any atom is 0.323 e. The lowest BCUT2D eigenvalue weighted by atomic mass is 9.99. The first-order valence-corrected chi connectivity index (χ1v) is 7.78. The number of benzene rings is 1. The van der Waals surface area contributed by atoms with Crippen LogP contribution >= 0.6 is 11.8 Å². The van der Waals surface area contributed by atoms with Gasteiger partial charge in [-0.3, -0.25) is 10.1 Å². The van der Waals surface area contributed by atoms with Gasteiger partial charge in [-0.1, -0.05) is 38.1 Å². The number of rotatable bonds is 3. The average molecular weight is 279 g/mol. The summed E-state index contributed by atoms with van der Waals surface area (Å²) >= 11 is 1.80. The molecule has 0 saturated carbocycles. The normalized spacial score (nSPS) is 23.4. The van der Waals surface area contributed by atoms with Crippen molar-refractivity contribution in [3.63, 3.8) is 0 Å². The van der Waals surface area contributed by atoms with E-state index in [-0.39, 0.29) is 18.1 Å². The Hall–Kier alpha value is -1.00. The van der Waals surface area contributed by atoms with Gasteiger partial charge in [-0.2, -0.15) is 11.8 Å². The van der Waals surface area contributed by atoms with Crippen molar-refractivity contribution in [1.82, 2.24) is 5.32 Å². The third-order valence-corrected chi connectivity index (χ3v) is 4.60. The first-order valence-electron chi connectivity index (χ1n) is 6.63. The molecule has 1 aliphatic heterocycles. The molecule has 1 aliphatic rings.